The Kier molecular flexibility index (Phi) is 3.50. The van der Waals surface area contributed by atoms with Crippen molar-refractivity contribution >= 4 is 5.69 Å². The van der Waals surface area contributed by atoms with Crippen LogP contribution >= 0.6 is 0 Å². The molecule has 0 amide bonds. The Morgan fingerprint density at radius 2 is 2.33 bits per heavy atom. The van der Waals surface area contributed by atoms with Crippen LogP contribution in [0.3, 0.4) is 0 Å². The summed E-state index contributed by atoms with van der Waals surface area (Å²) >= 11 is 0. The second kappa shape index (κ2) is 5.33. The van der Waals surface area contributed by atoms with Gasteiger partial charge in [0.15, 0.2) is 5.82 Å². The number of hydrogen-bond acceptors (Lipinski definition) is 6. The van der Waals surface area contributed by atoms with Crippen molar-refractivity contribution in [1.82, 2.24) is 20.2 Å². The molecule has 0 saturated carbocycles. The molecule has 7 nitrogen and oxygen atoms in total. The minimum Gasteiger partial charge on any atom is -0.496 e. The Hall–Kier alpha value is -2.15. The molecule has 2 heterocycles. The van der Waals surface area contributed by atoms with Gasteiger partial charge in [-0.1, -0.05) is 0 Å². The van der Waals surface area contributed by atoms with Gasteiger partial charge in [-0.2, -0.15) is 0 Å². The molecule has 112 valence electrons. The summed E-state index contributed by atoms with van der Waals surface area (Å²) in [6, 6.07) is 5.42. The van der Waals surface area contributed by atoms with Gasteiger partial charge in [-0.25, -0.2) is 4.68 Å². The second-order valence-corrected chi connectivity index (χ2v) is 5.52. The van der Waals surface area contributed by atoms with Crippen LogP contribution in [-0.4, -0.2) is 39.5 Å². The summed E-state index contributed by atoms with van der Waals surface area (Å²) in [7, 11) is 1.62. The van der Waals surface area contributed by atoms with Crippen molar-refractivity contribution < 1.29 is 9.47 Å². The van der Waals surface area contributed by atoms with Gasteiger partial charge >= 0.3 is 0 Å². The van der Waals surface area contributed by atoms with E-state index in [-0.39, 0.29) is 5.60 Å². The van der Waals surface area contributed by atoms with Crippen LogP contribution in [0.1, 0.15) is 19.8 Å². The van der Waals surface area contributed by atoms with Crippen molar-refractivity contribution in [3.63, 3.8) is 0 Å². The third-order valence-corrected chi connectivity index (χ3v) is 3.78. The molecule has 1 aromatic heterocycles. The van der Waals surface area contributed by atoms with E-state index < -0.39 is 0 Å². The van der Waals surface area contributed by atoms with Gasteiger partial charge in [0.1, 0.15) is 5.75 Å². The molecule has 7 heteroatoms. The highest BCUT2D eigenvalue weighted by Gasteiger charge is 2.32. The zero-order valence-electron chi connectivity index (χ0n) is 12.2. The predicted molar refractivity (Wildman–Crippen MR) is 77.8 cm³/mol. The van der Waals surface area contributed by atoms with E-state index in [2.05, 4.69) is 22.4 Å². The van der Waals surface area contributed by atoms with E-state index in [1.165, 1.54) is 0 Å². The normalized spacial score (nSPS) is 21.6. The molecule has 2 aromatic rings. The highest BCUT2D eigenvalue weighted by Crippen LogP contribution is 2.32. The summed E-state index contributed by atoms with van der Waals surface area (Å²) in [5.74, 6) is 1.33. The highest BCUT2D eigenvalue weighted by atomic mass is 16.5. The van der Waals surface area contributed by atoms with E-state index in [1.54, 1.807) is 17.9 Å². The maximum Gasteiger partial charge on any atom is 0.185 e. The Morgan fingerprint density at radius 1 is 1.48 bits per heavy atom. The minimum absolute atomic E-state index is 0.225. The molecule has 1 fully saturated rings. The number of benzene rings is 1. The standard InChI is InChI=1S/C14H19N5O2/c1-14(6-3-7-21-14)9-19-13(16-17-18-19)11-8-10(15)4-5-12(11)20-2/h4-5,8H,3,6-7,9,15H2,1-2H3. The van der Waals surface area contributed by atoms with Gasteiger partial charge in [0.05, 0.1) is 24.8 Å². The van der Waals surface area contributed by atoms with Crippen LogP contribution in [0, 0.1) is 0 Å². The maximum atomic E-state index is 5.87. The van der Waals surface area contributed by atoms with Gasteiger partial charge in [-0.05, 0) is 48.4 Å². The molecular formula is C14H19N5O2. The fourth-order valence-electron chi connectivity index (χ4n) is 2.68. The van der Waals surface area contributed by atoms with E-state index in [1.807, 2.05) is 12.1 Å². The van der Waals surface area contributed by atoms with Crippen LogP contribution in [0.15, 0.2) is 18.2 Å². The molecular weight excluding hydrogens is 270 g/mol. The molecule has 0 bridgehead atoms. The number of aromatic nitrogens is 4. The van der Waals surface area contributed by atoms with Gasteiger partial charge < -0.3 is 15.2 Å². The number of nitrogen functional groups attached to an aromatic ring is 1. The zero-order chi connectivity index (χ0) is 14.9. The molecule has 1 atom stereocenters. The molecule has 2 N–H and O–H groups in total. The number of hydrogen-bond donors (Lipinski definition) is 1. The average molecular weight is 289 g/mol. The first-order valence-corrected chi connectivity index (χ1v) is 6.95. The lowest BCUT2D eigenvalue weighted by molar-refractivity contribution is 0.00355. The van der Waals surface area contributed by atoms with Crippen molar-refractivity contribution in [2.75, 3.05) is 19.5 Å². The van der Waals surface area contributed by atoms with Crippen LogP contribution in [0.5, 0.6) is 5.75 Å². The molecule has 1 aliphatic heterocycles. The quantitative estimate of drug-likeness (QED) is 0.858. The van der Waals surface area contributed by atoms with Crippen molar-refractivity contribution in [2.45, 2.75) is 31.9 Å². The second-order valence-electron chi connectivity index (χ2n) is 5.52. The zero-order valence-corrected chi connectivity index (χ0v) is 12.2. The van der Waals surface area contributed by atoms with Crippen molar-refractivity contribution in [2.24, 2.45) is 0 Å². The molecule has 1 aromatic carbocycles. The predicted octanol–water partition coefficient (Wildman–Crippen LogP) is 1.50. The third-order valence-electron chi connectivity index (χ3n) is 3.78. The lowest BCUT2D eigenvalue weighted by Crippen LogP contribution is -2.30. The minimum atomic E-state index is -0.225. The first-order chi connectivity index (χ1) is 10.1. The van der Waals surface area contributed by atoms with Gasteiger partial charge in [-0.3, -0.25) is 0 Å². The number of tetrazole rings is 1. The molecule has 0 spiro atoms. The Labute approximate surface area is 123 Å². The van der Waals surface area contributed by atoms with Crippen LogP contribution in [0.4, 0.5) is 5.69 Å². The maximum absolute atomic E-state index is 5.87. The van der Waals surface area contributed by atoms with Crippen LogP contribution in [0.25, 0.3) is 11.4 Å². The Bertz CT molecular complexity index is 634. The smallest absolute Gasteiger partial charge is 0.185 e. The number of anilines is 1. The molecule has 1 aliphatic rings. The van der Waals surface area contributed by atoms with Crippen molar-refractivity contribution in [3.05, 3.63) is 18.2 Å². The average Bonchev–Trinajstić information content (AvgIpc) is 3.08. The molecule has 0 aliphatic carbocycles. The lowest BCUT2D eigenvalue weighted by Gasteiger charge is -2.23. The number of nitrogens with two attached hydrogens (primary N) is 1. The number of nitrogens with zero attached hydrogens (tertiary/aromatic N) is 4. The molecule has 3 rings (SSSR count). The Balaban J connectivity index is 1.97. The summed E-state index contributed by atoms with van der Waals surface area (Å²) in [5, 5.41) is 12.0. The molecule has 0 radical (unpaired) electrons. The van der Waals surface area contributed by atoms with Crippen molar-refractivity contribution in [1.29, 1.82) is 0 Å². The fraction of sp³-hybridized carbons (Fsp3) is 0.500. The van der Waals surface area contributed by atoms with E-state index >= 15 is 0 Å². The lowest BCUT2D eigenvalue weighted by atomic mass is 10.0. The van der Waals surface area contributed by atoms with Crippen LogP contribution in [0.2, 0.25) is 0 Å². The summed E-state index contributed by atoms with van der Waals surface area (Å²) in [4.78, 5) is 0. The van der Waals surface area contributed by atoms with Gasteiger partial charge in [0, 0.05) is 12.3 Å². The first kappa shape index (κ1) is 13.8. The van der Waals surface area contributed by atoms with Crippen molar-refractivity contribution in [3.8, 4) is 17.1 Å². The third kappa shape index (κ3) is 2.69. The van der Waals surface area contributed by atoms with E-state index in [9.17, 15) is 0 Å². The number of methoxy groups -OCH3 is 1. The van der Waals surface area contributed by atoms with E-state index in [0.717, 1.165) is 25.0 Å². The van der Waals surface area contributed by atoms with Gasteiger partial charge in [-0.15, -0.1) is 5.10 Å². The summed E-state index contributed by atoms with van der Waals surface area (Å²) in [6.45, 7) is 3.48. The first-order valence-electron chi connectivity index (χ1n) is 6.95. The number of ether oxygens (including phenoxy) is 2. The SMILES string of the molecule is COc1ccc(N)cc1-c1nnnn1CC1(C)CCCO1. The fourth-order valence-corrected chi connectivity index (χ4v) is 2.68. The van der Waals surface area contributed by atoms with Gasteiger partial charge in [0.2, 0.25) is 0 Å². The van der Waals surface area contributed by atoms with E-state index in [0.29, 0.717) is 23.8 Å². The Morgan fingerprint density at radius 3 is 3.05 bits per heavy atom. The molecule has 21 heavy (non-hydrogen) atoms. The monoisotopic (exact) mass is 289 g/mol. The van der Waals surface area contributed by atoms with E-state index in [4.69, 9.17) is 15.2 Å². The van der Waals surface area contributed by atoms with Crippen LogP contribution in [-0.2, 0) is 11.3 Å². The van der Waals surface area contributed by atoms with Crippen LogP contribution < -0.4 is 10.5 Å². The summed E-state index contributed by atoms with van der Waals surface area (Å²) in [5.41, 5.74) is 7.07. The largest absolute Gasteiger partial charge is 0.496 e. The number of rotatable bonds is 4. The highest BCUT2D eigenvalue weighted by molar-refractivity contribution is 5.68. The topological polar surface area (TPSA) is 88.1 Å². The molecule has 1 unspecified atom stereocenters. The molecule has 1 saturated heterocycles. The summed E-state index contributed by atoms with van der Waals surface area (Å²) in [6.07, 6.45) is 2.07. The van der Waals surface area contributed by atoms with Gasteiger partial charge in [0.25, 0.3) is 0 Å². The summed E-state index contributed by atoms with van der Waals surface area (Å²) < 4.78 is 12.9.